The topological polar surface area (TPSA) is 110 Å². The van der Waals surface area contributed by atoms with Crippen molar-refractivity contribution in [1.29, 1.82) is 0 Å². The number of barbiturate groups is 1. The third kappa shape index (κ3) is 4.64. The average molecular weight is 483 g/mol. The summed E-state index contributed by atoms with van der Waals surface area (Å²) in [5.74, 6) is -1.78. The zero-order valence-electron chi connectivity index (χ0n) is 16.8. The van der Waals surface area contributed by atoms with Crippen LogP contribution in [0.2, 0.25) is 5.02 Å². The molecule has 1 N–H and O–H groups in total. The third-order valence-electron chi connectivity index (χ3n) is 4.60. The first-order valence-electron chi connectivity index (χ1n) is 9.52. The van der Waals surface area contributed by atoms with Crippen LogP contribution < -0.4 is 14.4 Å². The van der Waals surface area contributed by atoms with Gasteiger partial charge in [-0.15, -0.1) is 0 Å². The van der Waals surface area contributed by atoms with Gasteiger partial charge in [0, 0.05) is 0 Å². The van der Waals surface area contributed by atoms with Crippen LogP contribution in [0.25, 0.3) is 6.08 Å². The first-order chi connectivity index (χ1) is 15.8. The van der Waals surface area contributed by atoms with Gasteiger partial charge in [0.25, 0.3) is 11.8 Å². The largest absolute Gasteiger partial charge is 0.379 e. The smallest absolute Gasteiger partial charge is 0.339 e. The Morgan fingerprint density at radius 3 is 2.30 bits per heavy atom. The van der Waals surface area contributed by atoms with E-state index in [-0.39, 0.29) is 26.9 Å². The third-order valence-corrected chi connectivity index (χ3v) is 6.18. The highest BCUT2D eigenvalue weighted by atomic mass is 35.5. The number of anilines is 1. The SMILES string of the molecule is O=C1NC(=O)N(c2ccccc2Cl)C(=O)/C1=C\c1cccc(OS(=O)(=O)c2ccccc2)c1. The van der Waals surface area contributed by atoms with Crippen LogP contribution in [0.3, 0.4) is 0 Å². The molecule has 0 bridgehead atoms. The Hall–Kier alpha value is -3.95. The number of nitrogens with zero attached hydrogens (tertiary/aromatic N) is 1. The zero-order chi connectivity index (χ0) is 23.6. The van der Waals surface area contributed by atoms with E-state index in [9.17, 15) is 22.8 Å². The van der Waals surface area contributed by atoms with Crippen molar-refractivity contribution in [2.45, 2.75) is 4.90 Å². The molecule has 33 heavy (non-hydrogen) atoms. The summed E-state index contributed by atoms with van der Waals surface area (Å²) in [6.07, 6.45) is 1.23. The van der Waals surface area contributed by atoms with Crippen LogP contribution in [-0.2, 0) is 19.7 Å². The van der Waals surface area contributed by atoms with Gasteiger partial charge in [-0.05, 0) is 48.0 Å². The molecule has 4 amide bonds. The summed E-state index contributed by atoms with van der Waals surface area (Å²) in [6, 6.07) is 18.7. The minimum absolute atomic E-state index is 0.0177. The minimum atomic E-state index is -4.08. The lowest BCUT2D eigenvalue weighted by molar-refractivity contribution is -0.122. The first-order valence-corrected chi connectivity index (χ1v) is 11.3. The van der Waals surface area contributed by atoms with Gasteiger partial charge >= 0.3 is 16.1 Å². The second kappa shape index (κ2) is 8.89. The van der Waals surface area contributed by atoms with E-state index >= 15 is 0 Å². The quantitative estimate of drug-likeness (QED) is 0.337. The highest BCUT2D eigenvalue weighted by Crippen LogP contribution is 2.29. The fraction of sp³-hybridized carbons (Fsp3) is 0. The Morgan fingerprint density at radius 2 is 1.58 bits per heavy atom. The highest BCUT2D eigenvalue weighted by molar-refractivity contribution is 7.87. The number of imide groups is 2. The maximum absolute atomic E-state index is 13.0. The number of urea groups is 1. The molecule has 0 radical (unpaired) electrons. The van der Waals surface area contributed by atoms with Crippen LogP contribution >= 0.6 is 11.6 Å². The molecule has 0 aromatic heterocycles. The van der Waals surface area contributed by atoms with Crippen LogP contribution in [-0.4, -0.2) is 26.3 Å². The summed E-state index contributed by atoms with van der Waals surface area (Å²) in [5.41, 5.74) is 0.0893. The molecule has 1 saturated heterocycles. The fourth-order valence-electron chi connectivity index (χ4n) is 3.09. The lowest BCUT2D eigenvalue weighted by Crippen LogP contribution is -2.54. The van der Waals surface area contributed by atoms with Crippen LogP contribution in [0.5, 0.6) is 5.75 Å². The lowest BCUT2D eigenvalue weighted by Gasteiger charge is -2.27. The van der Waals surface area contributed by atoms with Crippen LogP contribution in [0, 0.1) is 0 Å². The van der Waals surface area contributed by atoms with E-state index in [0.29, 0.717) is 5.56 Å². The predicted octanol–water partition coefficient (Wildman–Crippen LogP) is 3.77. The van der Waals surface area contributed by atoms with Gasteiger partial charge in [-0.25, -0.2) is 9.69 Å². The van der Waals surface area contributed by atoms with Gasteiger partial charge < -0.3 is 4.18 Å². The second-order valence-corrected chi connectivity index (χ2v) is 8.79. The molecule has 0 atom stereocenters. The van der Waals surface area contributed by atoms with Crippen molar-refractivity contribution in [2.75, 3.05) is 4.90 Å². The number of hydrogen-bond acceptors (Lipinski definition) is 6. The number of carbonyl (C=O) groups is 3. The van der Waals surface area contributed by atoms with Crippen molar-refractivity contribution in [1.82, 2.24) is 5.32 Å². The van der Waals surface area contributed by atoms with E-state index < -0.39 is 28.0 Å². The maximum atomic E-state index is 13.0. The number of rotatable bonds is 5. The normalized spacial score (nSPS) is 15.5. The van der Waals surface area contributed by atoms with Crippen molar-refractivity contribution < 1.29 is 27.0 Å². The van der Waals surface area contributed by atoms with Gasteiger partial charge in [0.15, 0.2) is 0 Å². The van der Waals surface area contributed by atoms with Crippen molar-refractivity contribution in [3.63, 3.8) is 0 Å². The standard InChI is InChI=1S/C23H15ClN2O6S/c24-19-11-4-5-12-20(19)26-22(28)18(21(27)25-23(26)29)14-15-7-6-8-16(13-15)32-33(30,31)17-9-2-1-3-10-17/h1-14H,(H,25,27,29)/b18-14-. The monoisotopic (exact) mass is 482 g/mol. The van der Waals surface area contributed by atoms with Gasteiger partial charge in [0.05, 0.1) is 10.7 Å². The molecule has 3 aromatic carbocycles. The van der Waals surface area contributed by atoms with E-state index in [4.69, 9.17) is 15.8 Å². The predicted molar refractivity (Wildman–Crippen MR) is 121 cm³/mol. The fourth-order valence-corrected chi connectivity index (χ4v) is 4.26. The van der Waals surface area contributed by atoms with E-state index in [1.807, 2.05) is 0 Å². The molecular weight excluding hydrogens is 468 g/mol. The average Bonchev–Trinajstić information content (AvgIpc) is 2.78. The molecule has 0 unspecified atom stereocenters. The highest BCUT2D eigenvalue weighted by Gasteiger charge is 2.37. The number of hydrogen-bond donors (Lipinski definition) is 1. The summed E-state index contributed by atoms with van der Waals surface area (Å²) in [6.45, 7) is 0. The molecule has 166 valence electrons. The Kier molecular flexibility index (Phi) is 5.99. The van der Waals surface area contributed by atoms with E-state index in [0.717, 1.165) is 4.90 Å². The van der Waals surface area contributed by atoms with E-state index in [1.54, 1.807) is 36.4 Å². The molecule has 3 aromatic rings. The minimum Gasteiger partial charge on any atom is -0.379 e. The van der Waals surface area contributed by atoms with Gasteiger partial charge in [-0.3, -0.25) is 14.9 Å². The van der Waals surface area contributed by atoms with E-state index in [2.05, 4.69) is 5.32 Å². The van der Waals surface area contributed by atoms with Crippen LogP contribution in [0.4, 0.5) is 10.5 Å². The number of benzene rings is 3. The molecule has 0 saturated carbocycles. The summed E-state index contributed by atoms with van der Waals surface area (Å²) in [4.78, 5) is 38.4. The van der Waals surface area contributed by atoms with Crippen LogP contribution in [0.15, 0.2) is 89.3 Å². The van der Waals surface area contributed by atoms with Crippen molar-refractivity contribution >= 4 is 51.3 Å². The van der Waals surface area contributed by atoms with Crippen molar-refractivity contribution in [3.8, 4) is 5.75 Å². The Morgan fingerprint density at radius 1 is 0.879 bits per heavy atom. The summed E-state index contributed by atoms with van der Waals surface area (Å²) in [5, 5.41) is 2.25. The molecule has 0 spiro atoms. The summed E-state index contributed by atoms with van der Waals surface area (Å²) >= 11 is 6.11. The van der Waals surface area contributed by atoms with Gasteiger partial charge in [0.2, 0.25) is 0 Å². The number of para-hydroxylation sites is 1. The number of amides is 4. The van der Waals surface area contributed by atoms with E-state index in [1.165, 1.54) is 48.5 Å². The molecular formula is C23H15ClN2O6S. The molecule has 1 fully saturated rings. The molecule has 1 aliphatic rings. The zero-order valence-corrected chi connectivity index (χ0v) is 18.3. The summed E-state index contributed by atoms with van der Waals surface area (Å²) in [7, 11) is -4.08. The molecule has 1 aliphatic heterocycles. The van der Waals surface area contributed by atoms with Gasteiger partial charge in [-0.2, -0.15) is 8.42 Å². The number of carbonyl (C=O) groups excluding carboxylic acids is 3. The molecule has 1 heterocycles. The molecule has 10 heteroatoms. The van der Waals surface area contributed by atoms with Crippen molar-refractivity contribution in [2.24, 2.45) is 0 Å². The summed E-state index contributed by atoms with van der Waals surface area (Å²) < 4.78 is 30.1. The van der Waals surface area contributed by atoms with Crippen molar-refractivity contribution in [3.05, 3.63) is 95.0 Å². The Balaban J connectivity index is 1.66. The maximum Gasteiger partial charge on any atom is 0.339 e. The Labute approximate surface area is 194 Å². The molecule has 0 aliphatic carbocycles. The van der Waals surface area contributed by atoms with Crippen LogP contribution in [0.1, 0.15) is 5.56 Å². The molecule has 4 rings (SSSR count). The second-order valence-electron chi connectivity index (χ2n) is 6.83. The molecule has 8 nitrogen and oxygen atoms in total. The lowest BCUT2D eigenvalue weighted by atomic mass is 10.1. The number of nitrogens with one attached hydrogen (secondary N) is 1. The Bertz CT molecular complexity index is 1400. The van der Waals surface area contributed by atoms with Gasteiger partial charge in [0.1, 0.15) is 16.2 Å². The van der Waals surface area contributed by atoms with Gasteiger partial charge in [-0.1, -0.05) is 54.1 Å². The first kappa shape index (κ1) is 22.3. The number of halogens is 1.